The van der Waals surface area contributed by atoms with Crippen LogP contribution in [-0.4, -0.2) is 37.2 Å². The molecule has 2 aromatic rings. The van der Waals surface area contributed by atoms with Gasteiger partial charge in [-0.25, -0.2) is 4.98 Å². The first kappa shape index (κ1) is 25.7. The van der Waals surface area contributed by atoms with E-state index in [2.05, 4.69) is 28.8 Å². The second-order valence-electron chi connectivity index (χ2n) is 8.36. The number of rotatable bonds is 17. The van der Waals surface area contributed by atoms with Gasteiger partial charge in [-0.05, 0) is 12.8 Å². The lowest BCUT2D eigenvalue weighted by atomic mass is 10.0. The Labute approximate surface area is 189 Å². The van der Waals surface area contributed by atoms with Gasteiger partial charge in [-0.15, -0.1) is 0 Å². The lowest BCUT2D eigenvalue weighted by Crippen LogP contribution is -2.23. The van der Waals surface area contributed by atoms with E-state index in [1.165, 1.54) is 6.33 Å². The fourth-order valence-electron chi connectivity index (χ4n) is 3.65. The van der Waals surface area contributed by atoms with Crippen molar-refractivity contribution in [2.24, 2.45) is 0 Å². The van der Waals surface area contributed by atoms with Gasteiger partial charge in [-0.3, -0.25) is 23.9 Å². The summed E-state index contributed by atoms with van der Waals surface area (Å²) in [6, 6.07) is 0. The van der Waals surface area contributed by atoms with E-state index < -0.39 is 11.7 Å². The van der Waals surface area contributed by atoms with Gasteiger partial charge >= 0.3 is 0 Å². The monoisotopic (exact) mass is 447 g/mol. The van der Waals surface area contributed by atoms with Crippen molar-refractivity contribution in [1.82, 2.24) is 19.5 Å². The number of anilines is 1. The summed E-state index contributed by atoms with van der Waals surface area (Å²) in [5.74, 6) is 0.212. The Balaban J connectivity index is 1.99. The number of nitrogens with two attached hydrogens (primary N) is 1. The SMILES string of the molecule is CCCCCCC(=O)CC(CC(=O)CCCCCC)OCn1cnc2c(=O)[nH]c(N)nc21. The summed E-state index contributed by atoms with van der Waals surface area (Å²) in [7, 11) is 0. The van der Waals surface area contributed by atoms with E-state index in [1.54, 1.807) is 4.57 Å². The first-order valence-electron chi connectivity index (χ1n) is 11.8. The van der Waals surface area contributed by atoms with Crippen LogP contribution >= 0.6 is 0 Å². The third-order valence-electron chi connectivity index (χ3n) is 5.47. The van der Waals surface area contributed by atoms with Crippen molar-refractivity contribution < 1.29 is 14.3 Å². The summed E-state index contributed by atoms with van der Waals surface area (Å²) < 4.78 is 7.52. The second-order valence-corrected chi connectivity index (χ2v) is 8.36. The number of carbonyl (C=O) groups excluding carboxylic acids is 2. The van der Waals surface area contributed by atoms with Crippen molar-refractivity contribution in [3.8, 4) is 0 Å². The van der Waals surface area contributed by atoms with Gasteiger partial charge in [-0.2, -0.15) is 4.98 Å². The van der Waals surface area contributed by atoms with E-state index in [0.29, 0.717) is 18.5 Å². The van der Waals surface area contributed by atoms with Crippen LogP contribution in [-0.2, 0) is 21.1 Å². The zero-order valence-electron chi connectivity index (χ0n) is 19.4. The average molecular weight is 448 g/mol. The molecule has 2 rings (SSSR count). The van der Waals surface area contributed by atoms with Crippen LogP contribution < -0.4 is 11.3 Å². The molecule has 2 aromatic heterocycles. The Bertz CT molecular complexity index is 895. The van der Waals surface area contributed by atoms with Crippen LogP contribution in [0.3, 0.4) is 0 Å². The highest BCUT2D eigenvalue weighted by Gasteiger charge is 2.19. The van der Waals surface area contributed by atoms with Gasteiger partial charge in [0, 0.05) is 25.7 Å². The van der Waals surface area contributed by atoms with Crippen molar-refractivity contribution in [3.05, 3.63) is 16.7 Å². The maximum absolute atomic E-state index is 12.5. The lowest BCUT2D eigenvalue weighted by Gasteiger charge is -2.17. The summed E-state index contributed by atoms with van der Waals surface area (Å²) in [6.07, 6.45) is 10.6. The predicted molar refractivity (Wildman–Crippen MR) is 124 cm³/mol. The Kier molecular flexibility index (Phi) is 11.1. The van der Waals surface area contributed by atoms with Crippen LogP contribution in [0.2, 0.25) is 0 Å². The highest BCUT2D eigenvalue weighted by molar-refractivity contribution is 5.82. The van der Waals surface area contributed by atoms with Gasteiger partial charge in [0.25, 0.3) is 5.56 Å². The molecule has 0 saturated heterocycles. The van der Waals surface area contributed by atoms with Gasteiger partial charge in [0.1, 0.15) is 18.3 Å². The van der Waals surface area contributed by atoms with Gasteiger partial charge in [0.05, 0.1) is 12.4 Å². The van der Waals surface area contributed by atoms with Crippen LogP contribution in [0.5, 0.6) is 0 Å². The number of aromatic nitrogens is 4. The van der Waals surface area contributed by atoms with Crippen LogP contribution in [0.4, 0.5) is 5.95 Å². The predicted octanol–water partition coefficient (Wildman–Crippen LogP) is 3.90. The number of imidazole rings is 1. The van der Waals surface area contributed by atoms with Crippen LogP contribution in [0.1, 0.15) is 90.9 Å². The van der Waals surface area contributed by atoms with E-state index in [4.69, 9.17) is 10.5 Å². The summed E-state index contributed by atoms with van der Waals surface area (Å²) in [5, 5.41) is 0. The molecule has 0 aliphatic carbocycles. The molecule has 0 fully saturated rings. The molecule has 3 N–H and O–H groups in total. The van der Waals surface area contributed by atoms with Crippen LogP contribution in [0.25, 0.3) is 11.2 Å². The Morgan fingerprint density at radius 3 is 2.19 bits per heavy atom. The lowest BCUT2D eigenvalue weighted by molar-refractivity contribution is -0.127. The molecular weight excluding hydrogens is 410 g/mol. The van der Waals surface area contributed by atoms with Crippen molar-refractivity contribution in [1.29, 1.82) is 0 Å². The minimum atomic E-state index is -0.510. The van der Waals surface area contributed by atoms with E-state index in [-0.39, 0.29) is 42.6 Å². The standard InChI is InChI=1S/C23H37N5O4/c1-3-5-7-9-11-17(29)13-19(14-18(30)12-10-8-6-4-2)32-16-28-15-25-20-21(28)26-23(24)27-22(20)31/h15,19H,3-14,16H2,1-2H3,(H3,24,26,27,31). The van der Waals surface area contributed by atoms with Gasteiger partial charge in [0.2, 0.25) is 5.95 Å². The number of aromatic amines is 1. The molecule has 0 atom stereocenters. The fourth-order valence-corrected chi connectivity index (χ4v) is 3.65. The minimum Gasteiger partial charge on any atom is -0.369 e. The number of carbonyl (C=O) groups is 2. The Hall–Kier alpha value is -2.55. The van der Waals surface area contributed by atoms with Crippen molar-refractivity contribution in [3.63, 3.8) is 0 Å². The van der Waals surface area contributed by atoms with E-state index in [1.807, 2.05) is 0 Å². The molecular formula is C23H37N5O4. The first-order valence-corrected chi connectivity index (χ1v) is 11.8. The molecule has 0 radical (unpaired) electrons. The number of ether oxygens (including phenoxy) is 1. The molecule has 2 heterocycles. The quantitative estimate of drug-likeness (QED) is 0.351. The van der Waals surface area contributed by atoms with E-state index in [9.17, 15) is 14.4 Å². The number of H-pyrrole nitrogens is 1. The number of fused-ring (bicyclic) bond motifs is 1. The van der Waals surface area contributed by atoms with E-state index in [0.717, 1.165) is 51.4 Å². The topological polar surface area (TPSA) is 133 Å². The smallest absolute Gasteiger partial charge is 0.280 e. The van der Waals surface area contributed by atoms with Crippen molar-refractivity contribution in [2.75, 3.05) is 5.73 Å². The van der Waals surface area contributed by atoms with Crippen molar-refractivity contribution in [2.45, 2.75) is 104 Å². The number of unbranched alkanes of at least 4 members (excludes halogenated alkanes) is 6. The minimum absolute atomic E-state index is 0.00897. The molecule has 0 aliphatic heterocycles. The molecule has 0 aliphatic rings. The molecule has 32 heavy (non-hydrogen) atoms. The molecule has 0 amide bonds. The zero-order chi connectivity index (χ0) is 23.3. The summed E-state index contributed by atoms with van der Waals surface area (Å²) in [4.78, 5) is 47.5. The maximum Gasteiger partial charge on any atom is 0.280 e. The molecule has 0 saturated carbocycles. The normalized spacial score (nSPS) is 11.5. The second kappa shape index (κ2) is 13.8. The molecule has 0 bridgehead atoms. The first-order chi connectivity index (χ1) is 15.4. The van der Waals surface area contributed by atoms with Gasteiger partial charge in [0.15, 0.2) is 11.2 Å². The van der Waals surface area contributed by atoms with Crippen LogP contribution in [0, 0.1) is 0 Å². The number of nitrogens with one attached hydrogen (secondary N) is 1. The van der Waals surface area contributed by atoms with E-state index >= 15 is 0 Å². The maximum atomic E-state index is 12.5. The molecule has 0 aromatic carbocycles. The van der Waals surface area contributed by atoms with Gasteiger partial charge < -0.3 is 10.5 Å². The summed E-state index contributed by atoms with van der Waals surface area (Å²) in [6.45, 7) is 4.30. The number of nitrogens with zero attached hydrogens (tertiary/aromatic N) is 3. The Morgan fingerprint density at radius 2 is 1.62 bits per heavy atom. The Morgan fingerprint density at radius 1 is 1.03 bits per heavy atom. The summed E-state index contributed by atoms with van der Waals surface area (Å²) >= 11 is 0. The number of hydrogen-bond acceptors (Lipinski definition) is 7. The van der Waals surface area contributed by atoms with Crippen LogP contribution in [0.15, 0.2) is 11.1 Å². The molecule has 9 nitrogen and oxygen atoms in total. The third kappa shape index (κ3) is 8.53. The summed E-state index contributed by atoms with van der Waals surface area (Å²) in [5.41, 5.74) is 5.69. The van der Waals surface area contributed by atoms with Gasteiger partial charge in [-0.1, -0.05) is 52.4 Å². The molecule has 9 heteroatoms. The zero-order valence-corrected chi connectivity index (χ0v) is 19.4. The number of Topliss-reactive ketones (excluding diaryl/α,β-unsaturated/α-hetero) is 2. The molecule has 0 unspecified atom stereocenters. The fraction of sp³-hybridized carbons (Fsp3) is 0.696. The number of hydrogen-bond donors (Lipinski definition) is 2. The largest absolute Gasteiger partial charge is 0.369 e. The van der Waals surface area contributed by atoms with Crippen molar-refractivity contribution >= 4 is 28.7 Å². The molecule has 0 spiro atoms. The number of ketones is 2. The average Bonchev–Trinajstić information content (AvgIpc) is 3.15. The highest BCUT2D eigenvalue weighted by atomic mass is 16.5. The highest BCUT2D eigenvalue weighted by Crippen LogP contribution is 2.15. The third-order valence-corrected chi connectivity index (χ3v) is 5.47. The molecule has 178 valence electrons. The number of nitrogen functional groups attached to an aromatic ring is 1.